The normalized spacial score (nSPS) is 29.8. The minimum absolute atomic E-state index is 0.128. The summed E-state index contributed by atoms with van der Waals surface area (Å²) in [5.74, 6) is 1.19. The average molecular weight is 254 g/mol. The fraction of sp³-hybridized carbons (Fsp3) is 0.500. The highest BCUT2D eigenvalue weighted by atomic mass is 16.1. The topological polar surface area (TPSA) is 17.1 Å². The molecule has 1 saturated carbocycles. The van der Waals surface area contributed by atoms with E-state index in [1.165, 1.54) is 16.7 Å². The number of carbonyl (C=O) groups is 1. The second kappa shape index (κ2) is 4.33. The van der Waals surface area contributed by atoms with E-state index in [0.29, 0.717) is 11.7 Å². The second-order valence-electron chi connectivity index (χ2n) is 6.53. The van der Waals surface area contributed by atoms with Crippen molar-refractivity contribution in [2.75, 3.05) is 0 Å². The first kappa shape index (κ1) is 12.7. The number of fused-ring (bicyclic) bond motifs is 2. The van der Waals surface area contributed by atoms with Crippen molar-refractivity contribution in [2.24, 2.45) is 11.8 Å². The molecule has 0 saturated heterocycles. The molecule has 2 aliphatic rings. The number of ketones is 1. The molecule has 2 aliphatic carbocycles. The van der Waals surface area contributed by atoms with Gasteiger partial charge in [-0.3, -0.25) is 4.79 Å². The van der Waals surface area contributed by atoms with Gasteiger partial charge < -0.3 is 0 Å². The Morgan fingerprint density at radius 3 is 2.68 bits per heavy atom. The van der Waals surface area contributed by atoms with Crippen LogP contribution in [-0.4, -0.2) is 5.78 Å². The lowest BCUT2D eigenvalue weighted by molar-refractivity contribution is -0.125. The van der Waals surface area contributed by atoms with E-state index in [0.717, 1.165) is 19.3 Å². The van der Waals surface area contributed by atoms with E-state index < -0.39 is 0 Å². The van der Waals surface area contributed by atoms with E-state index in [-0.39, 0.29) is 11.3 Å². The first-order valence-electron chi connectivity index (χ1n) is 7.39. The first-order chi connectivity index (χ1) is 9.03. The molecule has 3 rings (SSSR count). The van der Waals surface area contributed by atoms with Gasteiger partial charge in [-0.15, -0.1) is 0 Å². The number of rotatable bonds is 1. The minimum atomic E-state index is 0.128. The highest BCUT2D eigenvalue weighted by molar-refractivity contribution is 5.84. The molecule has 0 N–H and O–H groups in total. The minimum Gasteiger partial charge on any atom is -0.299 e. The van der Waals surface area contributed by atoms with Crippen LogP contribution in [0.25, 0.3) is 5.57 Å². The second-order valence-corrected chi connectivity index (χ2v) is 6.53. The van der Waals surface area contributed by atoms with Crippen molar-refractivity contribution in [3.8, 4) is 0 Å². The molecule has 0 aromatic heterocycles. The zero-order valence-electron chi connectivity index (χ0n) is 12.1. The van der Waals surface area contributed by atoms with Crippen LogP contribution in [0.4, 0.5) is 0 Å². The Morgan fingerprint density at radius 2 is 2.00 bits per heavy atom. The Bertz CT molecular complexity index is 553. The third-order valence-electron chi connectivity index (χ3n) is 4.87. The van der Waals surface area contributed by atoms with Gasteiger partial charge in [-0.25, -0.2) is 0 Å². The predicted octanol–water partition coefficient (Wildman–Crippen LogP) is 4.37. The summed E-state index contributed by atoms with van der Waals surface area (Å²) < 4.78 is 0. The molecule has 0 amide bonds. The van der Waals surface area contributed by atoms with Gasteiger partial charge in [-0.2, -0.15) is 0 Å². The SMILES string of the molecule is CC(C)C1=CC2(CCC(=O)C(C)C2)c2ccccc21. The molecule has 100 valence electrons. The molecular formula is C18H22O. The molecule has 2 unspecified atom stereocenters. The zero-order valence-corrected chi connectivity index (χ0v) is 12.1. The summed E-state index contributed by atoms with van der Waals surface area (Å²) in [6, 6.07) is 8.78. The zero-order chi connectivity index (χ0) is 13.6. The smallest absolute Gasteiger partial charge is 0.135 e. The van der Waals surface area contributed by atoms with Gasteiger partial charge in [0.25, 0.3) is 0 Å². The Labute approximate surface area is 115 Å². The monoisotopic (exact) mass is 254 g/mol. The summed E-state index contributed by atoms with van der Waals surface area (Å²) in [7, 11) is 0. The molecule has 19 heavy (non-hydrogen) atoms. The van der Waals surface area contributed by atoms with E-state index >= 15 is 0 Å². The molecule has 0 bridgehead atoms. The number of Topliss-reactive ketones (excluding diaryl/α,β-unsaturated/α-hetero) is 1. The molecule has 0 heterocycles. The van der Waals surface area contributed by atoms with Gasteiger partial charge >= 0.3 is 0 Å². The van der Waals surface area contributed by atoms with Crippen molar-refractivity contribution >= 4 is 11.4 Å². The van der Waals surface area contributed by atoms with Crippen molar-refractivity contribution in [3.05, 3.63) is 41.5 Å². The molecule has 1 spiro atoms. The summed E-state index contributed by atoms with van der Waals surface area (Å²) in [6.45, 7) is 6.62. The van der Waals surface area contributed by atoms with Crippen LogP contribution < -0.4 is 0 Å². The van der Waals surface area contributed by atoms with Crippen molar-refractivity contribution in [1.82, 2.24) is 0 Å². The van der Waals surface area contributed by atoms with Crippen LogP contribution in [0.15, 0.2) is 30.3 Å². The quantitative estimate of drug-likeness (QED) is 0.727. The Hall–Kier alpha value is -1.37. The maximum absolute atomic E-state index is 11.8. The Morgan fingerprint density at radius 1 is 1.26 bits per heavy atom. The van der Waals surface area contributed by atoms with Gasteiger partial charge in [0.2, 0.25) is 0 Å². The molecule has 2 atom stereocenters. The van der Waals surface area contributed by atoms with Gasteiger partial charge in [-0.05, 0) is 35.5 Å². The lowest BCUT2D eigenvalue weighted by Crippen LogP contribution is -2.33. The summed E-state index contributed by atoms with van der Waals surface area (Å²) in [5, 5.41) is 0. The molecule has 1 aromatic carbocycles. The van der Waals surface area contributed by atoms with E-state index in [1.54, 1.807) is 0 Å². The standard InChI is InChI=1S/C18H22O/c1-12(2)15-11-18(9-8-17(19)13(3)10-18)16-7-5-4-6-14(15)16/h4-7,11-13H,8-10H2,1-3H3. The van der Waals surface area contributed by atoms with Crippen molar-refractivity contribution in [2.45, 2.75) is 45.4 Å². The van der Waals surface area contributed by atoms with Crippen LogP contribution in [-0.2, 0) is 10.2 Å². The summed E-state index contributed by atoms with van der Waals surface area (Å²) in [5.41, 5.74) is 4.47. The highest BCUT2D eigenvalue weighted by Crippen LogP contribution is 2.51. The van der Waals surface area contributed by atoms with Crippen LogP contribution in [0.2, 0.25) is 0 Å². The van der Waals surface area contributed by atoms with Crippen LogP contribution in [0.1, 0.15) is 51.2 Å². The molecule has 0 radical (unpaired) electrons. The van der Waals surface area contributed by atoms with Crippen molar-refractivity contribution in [3.63, 3.8) is 0 Å². The number of carbonyl (C=O) groups excluding carboxylic acids is 1. The fourth-order valence-corrected chi connectivity index (χ4v) is 3.83. The van der Waals surface area contributed by atoms with E-state index in [4.69, 9.17) is 0 Å². The fourth-order valence-electron chi connectivity index (χ4n) is 3.83. The predicted molar refractivity (Wildman–Crippen MR) is 79.0 cm³/mol. The number of benzene rings is 1. The molecule has 0 aliphatic heterocycles. The van der Waals surface area contributed by atoms with E-state index in [9.17, 15) is 4.79 Å². The molecular weight excluding hydrogens is 232 g/mol. The van der Waals surface area contributed by atoms with Gasteiger partial charge in [0.1, 0.15) is 5.78 Å². The van der Waals surface area contributed by atoms with Crippen molar-refractivity contribution in [1.29, 1.82) is 0 Å². The Kier molecular flexibility index (Phi) is 2.88. The summed E-state index contributed by atoms with van der Waals surface area (Å²) >= 11 is 0. The van der Waals surface area contributed by atoms with Crippen LogP contribution >= 0.6 is 0 Å². The molecule has 1 aromatic rings. The maximum atomic E-state index is 11.8. The van der Waals surface area contributed by atoms with Crippen LogP contribution in [0.3, 0.4) is 0 Å². The third-order valence-corrected chi connectivity index (χ3v) is 4.87. The van der Waals surface area contributed by atoms with Gasteiger partial charge in [0.15, 0.2) is 0 Å². The molecule has 1 fully saturated rings. The maximum Gasteiger partial charge on any atom is 0.135 e. The largest absolute Gasteiger partial charge is 0.299 e. The number of hydrogen-bond donors (Lipinski definition) is 0. The summed E-state index contributed by atoms with van der Waals surface area (Å²) in [6.07, 6.45) is 5.19. The highest BCUT2D eigenvalue weighted by Gasteiger charge is 2.43. The lowest BCUT2D eigenvalue weighted by atomic mass is 9.67. The van der Waals surface area contributed by atoms with Gasteiger partial charge in [0.05, 0.1) is 0 Å². The van der Waals surface area contributed by atoms with Crippen LogP contribution in [0, 0.1) is 11.8 Å². The number of hydrogen-bond acceptors (Lipinski definition) is 1. The lowest BCUT2D eigenvalue weighted by Gasteiger charge is -2.36. The van der Waals surface area contributed by atoms with E-state index in [2.05, 4.69) is 51.1 Å². The van der Waals surface area contributed by atoms with E-state index in [1.807, 2.05) is 0 Å². The third kappa shape index (κ3) is 1.87. The first-order valence-corrected chi connectivity index (χ1v) is 7.39. The van der Waals surface area contributed by atoms with Crippen molar-refractivity contribution < 1.29 is 4.79 Å². The van der Waals surface area contributed by atoms with Crippen LogP contribution in [0.5, 0.6) is 0 Å². The van der Waals surface area contributed by atoms with Gasteiger partial charge in [-0.1, -0.05) is 51.1 Å². The molecule has 1 nitrogen and oxygen atoms in total. The number of allylic oxidation sites excluding steroid dienone is 2. The summed E-state index contributed by atoms with van der Waals surface area (Å²) in [4.78, 5) is 11.8. The van der Waals surface area contributed by atoms with Gasteiger partial charge in [0, 0.05) is 17.8 Å². The molecule has 1 heteroatoms. The average Bonchev–Trinajstić information content (AvgIpc) is 2.70. The Balaban J connectivity index is 2.10.